The minimum Gasteiger partial charge on any atom is -0.300 e. The lowest BCUT2D eigenvalue weighted by molar-refractivity contribution is -0.117. The molecule has 1 aromatic carbocycles. The summed E-state index contributed by atoms with van der Waals surface area (Å²) in [4.78, 5) is 30.8. The van der Waals surface area contributed by atoms with Gasteiger partial charge in [0.2, 0.25) is 5.91 Å². The van der Waals surface area contributed by atoms with E-state index < -0.39 is 0 Å². The molecule has 0 unspecified atom stereocenters. The Kier molecular flexibility index (Phi) is 4.32. The minimum atomic E-state index is -0.284. The standard InChI is InChI=1S/C19H20N4O2S/c1-11-7-8-15-16(9-11)26-19(20-15)21-17(24)10-23-18(25)14-6-4-3-5-13(14)12(2)22-23/h3-6,11H,7-10H2,1-2H3,(H,20,21,24)/t11-/m0/s1. The molecule has 2 aromatic heterocycles. The van der Waals surface area contributed by atoms with Crippen LogP contribution in [0, 0.1) is 12.8 Å². The fourth-order valence-electron chi connectivity index (χ4n) is 3.40. The number of aromatic nitrogens is 3. The number of anilines is 1. The average molecular weight is 368 g/mol. The van der Waals surface area contributed by atoms with E-state index in [0.29, 0.717) is 16.4 Å². The summed E-state index contributed by atoms with van der Waals surface area (Å²) in [6.07, 6.45) is 3.13. The number of amides is 1. The summed E-state index contributed by atoms with van der Waals surface area (Å²) < 4.78 is 1.22. The Hall–Kier alpha value is -2.54. The summed E-state index contributed by atoms with van der Waals surface area (Å²) in [6.45, 7) is 3.96. The Morgan fingerprint density at radius 2 is 2.12 bits per heavy atom. The van der Waals surface area contributed by atoms with Gasteiger partial charge in [0.1, 0.15) is 6.54 Å². The van der Waals surface area contributed by atoms with Crippen LogP contribution in [0.3, 0.4) is 0 Å². The maximum Gasteiger partial charge on any atom is 0.275 e. The van der Waals surface area contributed by atoms with Crippen LogP contribution in [0.5, 0.6) is 0 Å². The van der Waals surface area contributed by atoms with Crippen molar-refractivity contribution in [1.82, 2.24) is 14.8 Å². The lowest BCUT2D eigenvalue weighted by Gasteiger charge is -2.15. The summed E-state index contributed by atoms with van der Waals surface area (Å²) in [5.41, 5.74) is 1.57. The molecule has 0 saturated carbocycles. The van der Waals surface area contributed by atoms with Crippen molar-refractivity contribution in [3.8, 4) is 0 Å². The molecule has 1 N–H and O–H groups in total. The molecule has 0 spiro atoms. The van der Waals surface area contributed by atoms with Crippen LogP contribution < -0.4 is 10.9 Å². The van der Waals surface area contributed by atoms with E-state index in [1.165, 1.54) is 20.9 Å². The van der Waals surface area contributed by atoms with Gasteiger partial charge in [-0.2, -0.15) is 5.10 Å². The van der Waals surface area contributed by atoms with Crippen LogP contribution in [-0.2, 0) is 24.2 Å². The van der Waals surface area contributed by atoms with Crippen molar-refractivity contribution in [1.29, 1.82) is 0 Å². The van der Waals surface area contributed by atoms with Crippen LogP contribution in [-0.4, -0.2) is 20.7 Å². The number of hydrogen-bond acceptors (Lipinski definition) is 5. The van der Waals surface area contributed by atoms with E-state index in [1.54, 1.807) is 6.07 Å². The summed E-state index contributed by atoms with van der Waals surface area (Å²) in [5, 5.41) is 9.11. The summed E-state index contributed by atoms with van der Waals surface area (Å²) in [6, 6.07) is 7.31. The molecule has 6 nitrogen and oxygen atoms in total. The Balaban J connectivity index is 1.55. The number of aryl methyl sites for hydroxylation is 2. The number of carbonyl (C=O) groups excluding carboxylic acids is 1. The highest BCUT2D eigenvalue weighted by molar-refractivity contribution is 7.15. The second-order valence-electron chi connectivity index (χ2n) is 6.88. The molecule has 0 bridgehead atoms. The maximum atomic E-state index is 12.6. The molecule has 1 atom stereocenters. The molecule has 0 radical (unpaired) electrons. The highest BCUT2D eigenvalue weighted by Crippen LogP contribution is 2.32. The smallest absolute Gasteiger partial charge is 0.275 e. The lowest BCUT2D eigenvalue weighted by Crippen LogP contribution is -2.30. The zero-order valence-electron chi connectivity index (χ0n) is 14.8. The van der Waals surface area contributed by atoms with E-state index in [-0.39, 0.29) is 18.0 Å². The van der Waals surface area contributed by atoms with E-state index in [0.717, 1.165) is 36.0 Å². The first-order chi connectivity index (χ1) is 12.5. The Morgan fingerprint density at radius 1 is 1.35 bits per heavy atom. The van der Waals surface area contributed by atoms with Gasteiger partial charge < -0.3 is 5.32 Å². The minimum absolute atomic E-state index is 0.120. The fourth-order valence-corrected chi connectivity index (χ4v) is 4.59. The average Bonchev–Trinajstić information content (AvgIpc) is 3.00. The number of thiazole rings is 1. The van der Waals surface area contributed by atoms with Gasteiger partial charge in [-0.15, -0.1) is 11.3 Å². The van der Waals surface area contributed by atoms with Crippen LogP contribution in [0.4, 0.5) is 5.13 Å². The van der Waals surface area contributed by atoms with Crippen molar-refractivity contribution in [2.45, 2.75) is 39.7 Å². The second-order valence-corrected chi connectivity index (χ2v) is 7.96. The molecule has 4 rings (SSSR count). The zero-order valence-corrected chi connectivity index (χ0v) is 15.6. The Labute approximate surface area is 154 Å². The topological polar surface area (TPSA) is 76.9 Å². The Bertz CT molecular complexity index is 1050. The number of rotatable bonds is 3. The third-order valence-corrected chi connectivity index (χ3v) is 5.81. The molecule has 1 amide bonds. The van der Waals surface area contributed by atoms with Crippen molar-refractivity contribution in [2.75, 3.05) is 5.32 Å². The van der Waals surface area contributed by atoms with Crippen LogP contribution >= 0.6 is 11.3 Å². The van der Waals surface area contributed by atoms with Crippen LogP contribution in [0.15, 0.2) is 29.1 Å². The molecule has 0 aliphatic heterocycles. The highest BCUT2D eigenvalue weighted by Gasteiger charge is 2.20. The van der Waals surface area contributed by atoms with Crippen LogP contribution in [0.25, 0.3) is 10.8 Å². The summed E-state index contributed by atoms with van der Waals surface area (Å²) in [5.74, 6) is 0.378. The number of hydrogen-bond donors (Lipinski definition) is 1. The number of fused-ring (bicyclic) bond motifs is 2. The molecule has 1 aliphatic rings. The quantitative estimate of drug-likeness (QED) is 0.771. The van der Waals surface area contributed by atoms with Gasteiger partial charge in [0.15, 0.2) is 5.13 Å². The number of nitrogens with one attached hydrogen (secondary N) is 1. The fraction of sp³-hybridized carbons (Fsp3) is 0.368. The van der Waals surface area contributed by atoms with E-state index in [9.17, 15) is 9.59 Å². The van der Waals surface area contributed by atoms with Gasteiger partial charge in [0.05, 0.1) is 16.8 Å². The molecular weight excluding hydrogens is 348 g/mol. The van der Waals surface area contributed by atoms with Crippen molar-refractivity contribution in [3.05, 3.63) is 50.9 Å². The molecule has 7 heteroatoms. The van der Waals surface area contributed by atoms with Gasteiger partial charge >= 0.3 is 0 Å². The van der Waals surface area contributed by atoms with Gasteiger partial charge in [-0.1, -0.05) is 25.1 Å². The van der Waals surface area contributed by atoms with Gasteiger partial charge in [0, 0.05) is 10.3 Å². The third-order valence-electron chi connectivity index (χ3n) is 4.78. The molecule has 26 heavy (non-hydrogen) atoms. The molecule has 2 heterocycles. The molecule has 1 aliphatic carbocycles. The maximum absolute atomic E-state index is 12.6. The largest absolute Gasteiger partial charge is 0.300 e. The van der Waals surface area contributed by atoms with Crippen LogP contribution in [0.1, 0.15) is 29.6 Å². The Morgan fingerprint density at radius 3 is 2.92 bits per heavy atom. The molecule has 0 fully saturated rings. The first-order valence-corrected chi connectivity index (χ1v) is 9.58. The van der Waals surface area contributed by atoms with Gasteiger partial charge in [-0.25, -0.2) is 9.67 Å². The second kappa shape index (κ2) is 6.64. The third kappa shape index (κ3) is 3.14. The van der Waals surface area contributed by atoms with Gasteiger partial charge in [0.25, 0.3) is 5.56 Å². The van der Waals surface area contributed by atoms with E-state index in [2.05, 4.69) is 22.3 Å². The predicted molar refractivity (Wildman–Crippen MR) is 103 cm³/mol. The molecular formula is C19H20N4O2S. The van der Waals surface area contributed by atoms with E-state index in [1.807, 2.05) is 25.1 Å². The van der Waals surface area contributed by atoms with E-state index >= 15 is 0 Å². The lowest BCUT2D eigenvalue weighted by atomic mass is 9.93. The van der Waals surface area contributed by atoms with E-state index in [4.69, 9.17) is 0 Å². The predicted octanol–water partition coefficient (Wildman–Crippen LogP) is 2.92. The normalized spacial score (nSPS) is 16.5. The first-order valence-electron chi connectivity index (χ1n) is 8.76. The van der Waals surface area contributed by atoms with Crippen molar-refractivity contribution in [2.24, 2.45) is 5.92 Å². The van der Waals surface area contributed by atoms with Crippen molar-refractivity contribution >= 4 is 33.1 Å². The molecule has 3 aromatic rings. The first kappa shape index (κ1) is 16.9. The highest BCUT2D eigenvalue weighted by atomic mass is 32.1. The number of nitrogens with zero attached hydrogens (tertiary/aromatic N) is 3. The summed E-state index contributed by atoms with van der Waals surface area (Å²) in [7, 11) is 0. The van der Waals surface area contributed by atoms with Crippen LogP contribution in [0.2, 0.25) is 0 Å². The zero-order chi connectivity index (χ0) is 18.3. The van der Waals surface area contributed by atoms with Gasteiger partial charge in [-0.3, -0.25) is 9.59 Å². The van der Waals surface area contributed by atoms with Crippen molar-refractivity contribution in [3.63, 3.8) is 0 Å². The number of benzene rings is 1. The van der Waals surface area contributed by atoms with Gasteiger partial charge in [-0.05, 0) is 38.2 Å². The summed E-state index contributed by atoms with van der Waals surface area (Å²) >= 11 is 1.54. The van der Waals surface area contributed by atoms with Crippen molar-refractivity contribution < 1.29 is 4.79 Å². The SMILES string of the molecule is Cc1nn(CC(=O)Nc2nc3c(s2)C[C@@H](C)CC3)c(=O)c2ccccc12. The monoisotopic (exact) mass is 368 g/mol. The number of carbonyl (C=O) groups is 1. The molecule has 0 saturated heterocycles. The molecule has 134 valence electrons.